The molecular formula is C16H15Br2N3O2S2. The lowest BCUT2D eigenvalue weighted by Gasteiger charge is -2.03. The highest BCUT2D eigenvalue weighted by molar-refractivity contribution is 9.10. The number of hydrogen-bond acceptors (Lipinski definition) is 4. The molecule has 0 aliphatic heterocycles. The summed E-state index contributed by atoms with van der Waals surface area (Å²) in [6.07, 6.45) is 0. The van der Waals surface area contributed by atoms with Gasteiger partial charge in [-0.25, -0.2) is 13.4 Å². The summed E-state index contributed by atoms with van der Waals surface area (Å²) in [6, 6.07) is 14.5. The van der Waals surface area contributed by atoms with Crippen LogP contribution in [0.4, 0.5) is 5.13 Å². The van der Waals surface area contributed by atoms with Gasteiger partial charge in [-0.1, -0.05) is 45.0 Å². The number of anilines is 1. The summed E-state index contributed by atoms with van der Waals surface area (Å²) in [5, 5.41) is 2.52. The van der Waals surface area contributed by atoms with Crippen molar-refractivity contribution in [3.8, 4) is 11.3 Å². The monoisotopic (exact) mass is 503 g/mol. The van der Waals surface area contributed by atoms with Crippen molar-refractivity contribution in [2.45, 2.75) is 11.8 Å². The van der Waals surface area contributed by atoms with Crippen LogP contribution in [0.5, 0.6) is 0 Å². The lowest BCUT2D eigenvalue weighted by Crippen LogP contribution is -3.00. The van der Waals surface area contributed by atoms with Gasteiger partial charge in [-0.2, -0.15) is 5.43 Å². The average molecular weight is 505 g/mol. The Morgan fingerprint density at radius 1 is 1.04 bits per heavy atom. The molecule has 0 unspecified atom stereocenters. The van der Waals surface area contributed by atoms with E-state index >= 15 is 0 Å². The summed E-state index contributed by atoms with van der Waals surface area (Å²) < 4.78 is 25.5. The second kappa shape index (κ2) is 8.41. The van der Waals surface area contributed by atoms with E-state index in [9.17, 15) is 8.42 Å². The number of aryl methyl sites for hydroxylation is 1. The molecule has 25 heavy (non-hydrogen) atoms. The molecule has 3 aromatic rings. The molecule has 0 radical (unpaired) electrons. The number of sulfonamides is 1. The third-order valence-corrected chi connectivity index (χ3v) is 5.91. The molecule has 0 atom stereocenters. The van der Waals surface area contributed by atoms with Crippen molar-refractivity contribution in [3.05, 3.63) is 63.9 Å². The van der Waals surface area contributed by atoms with Gasteiger partial charge in [0.2, 0.25) is 0 Å². The van der Waals surface area contributed by atoms with Crippen molar-refractivity contribution in [1.82, 2.24) is 4.83 Å². The van der Waals surface area contributed by atoms with Crippen molar-refractivity contribution < 1.29 is 30.4 Å². The summed E-state index contributed by atoms with van der Waals surface area (Å²) in [4.78, 5) is 5.74. The molecular weight excluding hydrogens is 490 g/mol. The minimum absolute atomic E-state index is 0. The normalized spacial score (nSPS) is 11.0. The molecule has 0 bridgehead atoms. The minimum Gasteiger partial charge on any atom is -1.00 e. The first-order valence-corrected chi connectivity index (χ1v) is 10.2. The van der Waals surface area contributed by atoms with Crippen molar-refractivity contribution in [3.63, 3.8) is 0 Å². The lowest BCUT2D eigenvalue weighted by molar-refractivity contribution is -0.341. The Hall–Kier alpha value is -1.26. The molecule has 0 spiro atoms. The quantitative estimate of drug-likeness (QED) is 0.500. The smallest absolute Gasteiger partial charge is 0.351 e. The van der Waals surface area contributed by atoms with Crippen LogP contribution in [0.25, 0.3) is 11.3 Å². The average Bonchev–Trinajstić information content (AvgIpc) is 3.03. The second-order valence-electron chi connectivity index (χ2n) is 5.15. The highest BCUT2D eigenvalue weighted by Gasteiger charge is 2.18. The number of halogens is 2. The Balaban J connectivity index is 0.00000225. The van der Waals surface area contributed by atoms with E-state index in [2.05, 4.69) is 31.2 Å². The predicted octanol–water partition coefficient (Wildman–Crippen LogP) is 0.610. The Kier molecular flexibility index (Phi) is 6.75. The number of H-pyrrole nitrogens is 1. The fourth-order valence-electron chi connectivity index (χ4n) is 2.02. The minimum atomic E-state index is -3.62. The third kappa shape index (κ3) is 5.11. The number of hydrazine groups is 1. The molecule has 0 amide bonds. The summed E-state index contributed by atoms with van der Waals surface area (Å²) in [5.41, 5.74) is 5.65. The Bertz CT molecular complexity index is 940. The number of hydrogen-bond donors (Lipinski definition) is 2. The number of aromatic nitrogens is 1. The van der Waals surface area contributed by atoms with E-state index in [0.29, 0.717) is 5.13 Å². The standard InChI is InChI=1S/C16H14BrN3O2S2.BrH/c1-11-2-8-14(9-3-11)24(21,22)20-19-16-18-15(10-23-16)12-4-6-13(17)7-5-12;/h2-10,20H,1H3,(H,18,19);1H. The van der Waals surface area contributed by atoms with Crippen LogP contribution in [-0.4, -0.2) is 8.42 Å². The van der Waals surface area contributed by atoms with E-state index in [-0.39, 0.29) is 21.9 Å². The molecule has 0 fully saturated rings. The summed E-state index contributed by atoms with van der Waals surface area (Å²) in [7, 11) is -3.62. The van der Waals surface area contributed by atoms with Crippen LogP contribution in [0.1, 0.15) is 5.56 Å². The highest BCUT2D eigenvalue weighted by Crippen LogP contribution is 2.22. The van der Waals surface area contributed by atoms with Gasteiger partial charge in [0, 0.05) is 15.4 Å². The van der Waals surface area contributed by atoms with Gasteiger partial charge in [0.25, 0.3) is 10.0 Å². The summed E-state index contributed by atoms with van der Waals surface area (Å²) >= 11 is 4.78. The number of aromatic amines is 1. The van der Waals surface area contributed by atoms with E-state index < -0.39 is 10.0 Å². The molecule has 3 rings (SSSR count). The number of nitrogens with one attached hydrogen (secondary N) is 3. The van der Waals surface area contributed by atoms with Gasteiger partial charge in [-0.05, 0) is 48.2 Å². The molecule has 9 heteroatoms. The zero-order valence-corrected chi connectivity index (χ0v) is 17.9. The van der Waals surface area contributed by atoms with Gasteiger partial charge in [-0.3, -0.25) is 0 Å². The summed E-state index contributed by atoms with van der Waals surface area (Å²) in [5.74, 6) is 0. The number of rotatable bonds is 5. The maximum absolute atomic E-state index is 12.2. The fraction of sp³-hybridized carbons (Fsp3) is 0.0625. The van der Waals surface area contributed by atoms with Crippen LogP contribution in [0.2, 0.25) is 0 Å². The van der Waals surface area contributed by atoms with E-state index in [1.807, 2.05) is 36.6 Å². The van der Waals surface area contributed by atoms with E-state index in [4.69, 9.17) is 0 Å². The first-order valence-electron chi connectivity index (χ1n) is 7.05. The molecule has 0 aliphatic carbocycles. The van der Waals surface area contributed by atoms with Crippen LogP contribution in [0, 0.1) is 6.92 Å². The van der Waals surface area contributed by atoms with Crippen LogP contribution in [0.3, 0.4) is 0 Å². The maximum Gasteiger partial charge on any atom is 0.351 e. The molecule has 0 saturated heterocycles. The first-order chi connectivity index (χ1) is 11.4. The van der Waals surface area contributed by atoms with Crippen molar-refractivity contribution >= 4 is 42.4 Å². The lowest BCUT2D eigenvalue weighted by atomic mass is 10.2. The topological polar surface area (TPSA) is 72.3 Å². The predicted molar refractivity (Wildman–Crippen MR) is 99.1 cm³/mol. The fourth-order valence-corrected chi connectivity index (χ4v) is 3.91. The molecule has 1 aromatic heterocycles. The largest absolute Gasteiger partial charge is 1.00 e. The van der Waals surface area contributed by atoms with Crippen LogP contribution < -0.4 is 32.2 Å². The van der Waals surface area contributed by atoms with Crippen LogP contribution >= 0.6 is 27.3 Å². The van der Waals surface area contributed by atoms with Gasteiger partial charge in [-0.15, -0.1) is 0 Å². The van der Waals surface area contributed by atoms with Gasteiger partial charge < -0.3 is 17.0 Å². The van der Waals surface area contributed by atoms with E-state index in [0.717, 1.165) is 21.3 Å². The van der Waals surface area contributed by atoms with Gasteiger partial charge in [0.05, 0.1) is 4.90 Å². The maximum atomic E-state index is 12.2. The Morgan fingerprint density at radius 3 is 2.32 bits per heavy atom. The molecule has 5 nitrogen and oxygen atoms in total. The SMILES string of the molecule is Cc1ccc(S(=O)(=O)NNc2[nH+]c(-c3ccc(Br)cc3)cs2)cc1.[Br-]. The number of thiazole rings is 1. The summed E-state index contributed by atoms with van der Waals surface area (Å²) in [6.45, 7) is 1.91. The third-order valence-electron chi connectivity index (χ3n) is 3.33. The highest BCUT2D eigenvalue weighted by atomic mass is 79.9. The first kappa shape index (κ1) is 20.1. The molecule has 1 heterocycles. The zero-order valence-electron chi connectivity index (χ0n) is 13.1. The van der Waals surface area contributed by atoms with Gasteiger partial charge in [0.1, 0.15) is 5.69 Å². The van der Waals surface area contributed by atoms with Gasteiger partial charge in [0.15, 0.2) is 0 Å². The number of benzene rings is 2. The van der Waals surface area contributed by atoms with Crippen molar-refractivity contribution in [2.24, 2.45) is 0 Å². The molecule has 3 N–H and O–H groups in total. The van der Waals surface area contributed by atoms with Crippen LogP contribution in [0.15, 0.2) is 63.3 Å². The Labute approximate surface area is 169 Å². The molecule has 2 aromatic carbocycles. The van der Waals surface area contributed by atoms with Crippen LogP contribution in [-0.2, 0) is 10.0 Å². The molecule has 0 saturated carbocycles. The molecule has 0 aliphatic rings. The van der Waals surface area contributed by atoms with E-state index in [1.165, 1.54) is 11.3 Å². The van der Waals surface area contributed by atoms with Crippen molar-refractivity contribution in [2.75, 3.05) is 5.43 Å². The molecule has 132 valence electrons. The second-order valence-corrected chi connectivity index (χ2v) is 8.63. The zero-order chi connectivity index (χ0) is 17.2. The van der Waals surface area contributed by atoms with Crippen molar-refractivity contribution in [1.29, 1.82) is 0 Å². The Morgan fingerprint density at radius 2 is 1.68 bits per heavy atom. The van der Waals surface area contributed by atoms with E-state index in [1.54, 1.807) is 24.3 Å². The van der Waals surface area contributed by atoms with Gasteiger partial charge >= 0.3 is 5.13 Å².